The Balaban J connectivity index is 1.31. The van der Waals surface area contributed by atoms with Gasteiger partial charge in [-0.05, 0) is 66.4 Å². The molecule has 1 aliphatic rings. The quantitative estimate of drug-likeness (QED) is 0.119. The second-order valence-electron chi connectivity index (χ2n) is 11.9. The van der Waals surface area contributed by atoms with Crippen molar-refractivity contribution in [3.8, 4) is 0 Å². The minimum Gasteiger partial charge on any atom is -0.392 e. The van der Waals surface area contributed by atoms with Crippen LogP contribution in [-0.4, -0.2) is 40.7 Å². The molecule has 10 heteroatoms. The van der Waals surface area contributed by atoms with Gasteiger partial charge in [0.05, 0.1) is 24.9 Å². The number of aliphatic hydroxyl groups excluding tert-OH is 1. The number of urea groups is 1. The summed E-state index contributed by atoms with van der Waals surface area (Å²) in [6.07, 6.45) is -0.811. The van der Waals surface area contributed by atoms with Crippen molar-refractivity contribution in [2.24, 2.45) is 5.92 Å². The molecule has 5 atom stereocenters. The maximum Gasteiger partial charge on any atom is 0.319 e. The Hall–Kier alpha value is -4.48. The number of nitrogens with one attached hydrogen (secondary N) is 3. The van der Waals surface area contributed by atoms with E-state index >= 15 is 0 Å². The van der Waals surface area contributed by atoms with Crippen molar-refractivity contribution in [3.05, 3.63) is 125 Å². The van der Waals surface area contributed by atoms with E-state index in [0.29, 0.717) is 17.9 Å². The molecule has 1 saturated heterocycles. The van der Waals surface area contributed by atoms with Gasteiger partial charge in [-0.1, -0.05) is 73.7 Å². The number of carbonyl (C=O) groups is 3. The number of aliphatic hydroxyl groups is 1. The highest BCUT2D eigenvalue weighted by Crippen LogP contribution is 2.43. The van der Waals surface area contributed by atoms with Gasteiger partial charge < -0.3 is 30.5 Å². The zero-order valence-electron chi connectivity index (χ0n) is 27.2. The summed E-state index contributed by atoms with van der Waals surface area (Å²) in [5.74, 6) is 0.395. The number of ketones is 1. The molecule has 4 N–H and O–H groups in total. The average Bonchev–Trinajstić information content (AvgIpc) is 3.08. The Morgan fingerprint density at radius 1 is 0.792 bits per heavy atom. The van der Waals surface area contributed by atoms with Crippen LogP contribution in [-0.2, 0) is 32.1 Å². The van der Waals surface area contributed by atoms with Crippen molar-refractivity contribution in [2.75, 3.05) is 16.4 Å². The molecule has 0 aromatic heterocycles. The van der Waals surface area contributed by atoms with Crippen molar-refractivity contribution in [3.63, 3.8) is 0 Å². The van der Waals surface area contributed by atoms with Crippen LogP contribution in [0.3, 0.4) is 0 Å². The second kappa shape index (κ2) is 16.6. The molecule has 48 heavy (non-hydrogen) atoms. The Morgan fingerprint density at radius 3 is 2.19 bits per heavy atom. The fraction of sp³-hybridized carbons (Fsp3) is 0.289. The van der Waals surface area contributed by atoms with Crippen LogP contribution < -0.4 is 16.0 Å². The molecular weight excluding hydrogens is 627 g/mol. The van der Waals surface area contributed by atoms with Crippen LogP contribution in [0.15, 0.2) is 108 Å². The number of thioether (sulfide) groups is 1. The highest BCUT2D eigenvalue weighted by atomic mass is 32.2. The lowest BCUT2D eigenvalue weighted by atomic mass is 9.91. The number of Topliss-reactive ketones (excluding diaryl/α,β-unsaturated/α-hetero) is 1. The summed E-state index contributed by atoms with van der Waals surface area (Å²) in [5.41, 5.74) is 4.76. The first-order valence-electron chi connectivity index (χ1n) is 15.9. The van der Waals surface area contributed by atoms with Gasteiger partial charge >= 0.3 is 6.03 Å². The Labute approximate surface area is 285 Å². The smallest absolute Gasteiger partial charge is 0.319 e. The average molecular weight is 668 g/mol. The first-order valence-corrected chi connectivity index (χ1v) is 16.9. The van der Waals surface area contributed by atoms with E-state index in [9.17, 15) is 19.5 Å². The van der Waals surface area contributed by atoms with Crippen LogP contribution in [0.1, 0.15) is 55.4 Å². The third-order valence-electron chi connectivity index (χ3n) is 8.21. The van der Waals surface area contributed by atoms with E-state index < -0.39 is 18.4 Å². The SMILES string of the molecule is CC(=O)Nc1ccc(SC[C@H]2OC(c3cccc(NC(=O)N[C@H](Cc4ccccc4)C(C)=O)c3)O[C@@H](c3ccc(CO)cc3)[C@H]2C)cc1. The zero-order valence-corrected chi connectivity index (χ0v) is 28.0. The van der Waals surface area contributed by atoms with Crippen molar-refractivity contribution in [1.29, 1.82) is 0 Å². The molecule has 5 rings (SSSR count). The normalized spacial score (nSPS) is 19.6. The molecule has 0 bridgehead atoms. The number of benzene rings is 4. The van der Waals surface area contributed by atoms with Crippen molar-refractivity contribution < 1.29 is 29.0 Å². The van der Waals surface area contributed by atoms with E-state index in [1.54, 1.807) is 17.8 Å². The Kier molecular flexibility index (Phi) is 12.0. The van der Waals surface area contributed by atoms with Crippen molar-refractivity contribution >= 4 is 40.9 Å². The highest BCUT2D eigenvalue weighted by Gasteiger charge is 2.38. The van der Waals surface area contributed by atoms with Gasteiger partial charge in [-0.15, -0.1) is 11.8 Å². The monoisotopic (exact) mass is 667 g/mol. The van der Waals surface area contributed by atoms with Gasteiger partial charge in [0.2, 0.25) is 5.91 Å². The van der Waals surface area contributed by atoms with Gasteiger partial charge in [0.1, 0.15) is 0 Å². The minimum absolute atomic E-state index is 0.00686. The molecule has 250 valence electrons. The van der Waals surface area contributed by atoms with E-state index in [1.807, 2.05) is 97.1 Å². The number of ether oxygens (including phenoxy) is 2. The van der Waals surface area contributed by atoms with E-state index in [1.165, 1.54) is 13.8 Å². The lowest BCUT2D eigenvalue weighted by Crippen LogP contribution is -2.43. The number of hydrogen-bond acceptors (Lipinski definition) is 7. The van der Waals surface area contributed by atoms with E-state index in [2.05, 4.69) is 22.9 Å². The highest BCUT2D eigenvalue weighted by molar-refractivity contribution is 7.99. The summed E-state index contributed by atoms with van der Waals surface area (Å²) in [7, 11) is 0. The Bertz CT molecular complexity index is 1680. The van der Waals surface area contributed by atoms with Crippen molar-refractivity contribution in [2.45, 2.75) is 63.2 Å². The fourth-order valence-corrected chi connectivity index (χ4v) is 6.63. The molecule has 9 nitrogen and oxygen atoms in total. The maximum absolute atomic E-state index is 13.0. The predicted octanol–water partition coefficient (Wildman–Crippen LogP) is 7.04. The first-order chi connectivity index (χ1) is 23.2. The number of hydrogen-bond donors (Lipinski definition) is 4. The zero-order chi connectivity index (χ0) is 34.0. The summed E-state index contributed by atoms with van der Waals surface area (Å²) >= 11 is 1.66. The molecule has 1 unspecified atom stereocenters. The van der Waals surface area contributed by atoms with E-state index in [-0.39, 0.29) is 36.4 Å². The molecule has 1 heterocycles. The fourth-order valence-electron chi connectivity index (χ4n) is 5.56. The van der Waals surface area contributed by atoms with Crippen LogP contribution in [0.5, 0.6) is 0 Å². The summed E-state index contributed by atoms with van der Waals surface area (Å²) in [5, 5.41) is 18.0. The number of rotatable bonds is 12. The van der Waals surface area contributed by atoms with Crippen LogP contribution in [0.4, 0.5) is 16.2 Å². The molecule has 0 radical (unpaired) electrons. The molecule has 4 aromatic rings. The topological polar surface area (TPSA) is 126 Å². The molecule has 0 aliphatic carbocycles. The van der Waals surface area contributed by atoms with Crippen molar-refractivity contribution in [1.82, 2.24) is 5.32 Å². The van der Waals surface area contributed by atoms with E-state index in [0.717, 1.165) is 32.8 Å². The molecule has 1 aliphatic heterocycles. The van der Waals surface area contributed by atoms with Crippen LogP contribution in [0.25, 0.3) is 0 Å². The lowest BCUT2D eigenvalue weighted by molar-refractivity contribution is -0.268. The molecule has 1 fully saturated rings. The standard InChI is InChI=1S/C38H41N3O6S/c1-24-35(23-48-33-18-16-31(17-19-33)39-26(3)44)46-37(47-36(24)29-14-12-28(22-42)13-15-29)30-10-7-11-32(21-30)40-38(45)41-34(25(2)43)20-27-8-5-4-6-9-27/h4-19,21,24,34-37,42H,20,22-23H2,1-3H3,(H,39,44)(H2,40,41,45)/t24-,34+,35+,36+,37?/m0/s1. The molecule has 4 aromatic carbocycles. The van der Waals surface area contributed by atoms with Crippen LogP contribution in [0, 0.1) is 5.92 Å². The predicted molar refractivity (Wildman–Crippen MR) is 188 cm³/mol. The number of carbonyl (C=O) groups excluding carboxylic acids is 3. The van der Waals surface area contributed by atoms with Crippen LogP contribution in [0.2, 0.25) is 0 Å². The minimum atomic E-state index is -0.718. The van der Waals surface area contributed by atoms with Gasteiger partial charge in [0, 0.05) is 40.4 Å². The number of amides is 3. The molecule has 3 amide bonds. The Morgan fingerprint density at radius 2 is 1.52 bits per heavy atom. The van der Waals surface area contributed by atoms with Gasteiger partial charge in [0.15, 0.2) is 12.1 Å². The van der Waals surface area contributed by atoms with Gasteiger partial charge in [0.25, 0.3) is 0 Å². The summed E-state index contributed by atoms with van der Waals surface area (Å²) < 4.78 is 13.2. The summed E-state index contributed by atoms with van der Waals surface area (Å²) in [6, 6.07) is 31.2. The third-order valence-corrected chi connectivity index (χ3v) is 9.31. The van der Waals surface area contributed by atoms with E-state index in [4.69, 9.17) is 9.47 Å². The first kappa shape index (κ1) is 34.8. The lowest BCUT2D eigenvalue weighted by Gasteiger charge is -2.41. The summed E-state index contributed by atoms with van der Waals surface area (Å²) in [4.78, 5) is 37.8. The van der Waals surface area contributed by atoms with Crippen LogP contribution >= 0.6 is 11.8 Å². The second-order valence-corrected chi connectivity index (χ2v) is 13.0. The van der Waals surface area contributed by atoms with Gasteiger partial charge in [-0.3, -0.25) is 9.59 Å². The number of anilines is 2. The summed E-state index contributed by atoms with van der Waals surface area (Å²) in [6.45, 7) is 5.01. The third kappa shape index (κ3) is 9.54. The maximum atomic E-state index is 13.0. The molecule has 0 spiro atoms. The van der Waals surface area contributed by atoms with Gasteiger partial charge in [-0.2, -0.15) is 0 Å². The largest absolute Gasteiger partial charge is 0.392 e. The molecular formula is C38H41N3O6S. The van der Waals surface area contributed by atoms with Gasteiger partial charge in [-0.25, -0.2) is 4.79 Å². The molecule has 0 saturated carbocycles.